The van der Waals surface area contributed by atoms with Crippen LogP contribution in [0.25, 0.3) is 0 Å². The van der Waals surface area contributed by atoms with E-state index in [-0.39, 0.29) is 46.7 Å². The van der Waals surface area contributed by atoms with E-state index in [9.17, 15) is 14.7 Å². The minimum Gasteiger partial charge on any atom is -0.457 e. The van der Waals surface area contributed by atoms with Gasteiger partial charge in [0.2, 0.25) is 0 Å². The van der Waals surface area contributed by atoms with E-state index >= 15 is 0 Å². The first-order chi connectivity index (χ1) is 20.5. The zero-order chi connectivity index (χ0) is 32.4. The van der Waals surface area contributed by atoms with E-state index in [4.69, 9.17) is 23.4 Å². The summed E-state index contributed by atoms with van der Waals surface area (Å²) in [5.74, 6) is -2.00. The number of cyclic esters (lactones) is 1. The van der Waals surface area contributed by atoms with Crippen molar-refractivity contribution in [2.45, 2.75) is 122 Å². The van der Waals surface area contributed by atoms with Crippen LogP contribution in [0.5, 0.6) is 0 Å². The topological polar surface area (TPSA) is 101 Å². The van der Waals surface area contributed by atoms with Gasteiger partial charge < -0.3 is 28.5 Å². The van der Waals surface area contributed by atoms with Crippen LogP contribution >= 0.6 is 0 Å². The molecular formula is C35H52O8Si. The molecule has 0 aromatic heterocycles. The Morgan fingerprint density at radius 2 is 1.91 bits per heavy atom. The first kappa shape index (κ1) is 33.3. The van der Waals surface area contributed by atoms with Gasteiger partial charge in [-0.25, -0.2) is 9.59 Å². The number of rotatable bonds is 6. The van der Waals surface area contributed by atoms with Gasteiger partial charge in [-0.1, -0.05) is 71.1 Å². The molecule has 5 rings (SSSR count). The van der Waals surface area contributed by atoms with Crippen molar-refractivity contribution in [2.24, 2.45) is 29.6 Å². The Labute approximate surface area is 264 Å². The molecule has 2 heterocycles. The third kappa shape index (κ3) is 5.50. The fourth-order valence-corrected chi connectivity index (χ4v) is 9.41. The molecule has 2 fully saturated rings. The molecule has 1 saturated carbocycles. The lowest BCUT2D eigenvalue weighted by molar-refractivity contribution is -0.172. The molecule has 12 atom stereocenters. The van der Waals surface area contributed by atoms with Crippen LogP contribution in [0.15, 0.2) is 47.6 Å². The Morgan fingerprint density at radius 1 is 1.20 bits per heavy atom. The van der Waals surface area contributed by atoms with E-state index < -0.39 is 50.4 Å². The van der Waals surface area contributed by atoms with Gasteiger partial charge >= 0.3 is 11.9 Å². The number of carbonyl (C=O) groups excluding carboxylic acids is 2. The van der Waals surface area contributed by atoms with Crippen molar-refractivity contribution in [1.82, 2.24) is 0 Å². The molecular weight excluding hydrogens is 576 g/mol. The minimum atomic E-state index is -2.17. The monoisotopic (exact) mass is 628 g/mol. The van der Waals surface area contributed by atoms with Crippen LogP contribution in [-0.4, -0.2) is 74.7 Å². The Balaban J connectivity index is 1.53. The number of carbonyl (C=O) groups is 2. The summed E-state index contributed by atoms with van der Waals surface area (Å²) in [5, 5.41) is 11.9. The lowest BCUT2D eigenvalue weighted by Crippen LogP contribution is -2.57. The maximum absolute atomic E-state index is 13.7. The first-order valence-corrected chi connectivity index (χ1v) is 19.1. The average molecular weight is 629 g/mol. The molecule has 0 unspecified atom stereocenters. The second-order valence-electron chi connectivity index (χ2n) is 15.2. The van der Waals surface area contributed by atoms with Crippen molar-refractivity contribution in [1.29, 1.82) is 0 Å². The Kier molecular flexibility index (Phi) is 9.05. The van der Waals surface area contributed by atoms with Crippen LogP contribution in [-0.2, 0) is 33.0 Å². The van der Waals surface area contributed by atoms with Gasteiger partial charge in [0.15, 0.2) is 14.4 Å². The molecule has 1 spiro atoms. The highest BCUT2D eigenvalue weighted by atomic mass is 28.4. The molecule has 0 amide bonds. The molecule has 4 bridgehead atoms. The van der Waals surface area contributed by atoms with Gasteiger partial charge in [0.25, 0.3) is 0 Å². The largest absolute Gasteiger partial charge is 0.457 e. The number of esters is 2. The molecule has 8 nitrogen and oxygen atoms in total. The number of methoxy groups -OCH3 is 1. The smallest absolute Gasteiger partial charge is 0.335 e. The second-order valence-corrected chi connectivity index (χ2v) is 19.9. The van der Waals surface area contributed by atoms with Crippen LogP contribution in [0.2, 0.25) is 18.1 Å². The van der Waals surface area contributed by atoms with E-state index in [1.165, 1.54) is 7.11 Å². The molecule has 44 heavy (non-hydrogen) atoms. The maximum atomic E-state index is 13.7. The second kappa shape index (κ2) is 12.0. The highest BCUT2D eigenvalue weighted by molar-refractivity contribution is 6.74. The zero-order valence-corrected chi connectivity index (χ0v) is 29.0. The number of ether oxygens (including phenoxy) is 4. The zero-order valence-electron chi connectivity index (χ0n) is 28.0. The Bertz CT molecular complexity index is 1260. The minimum absolute atomic E-state index is 0.00619. The molecule has 1 N–H and O–H groups in total. The standard InChI is InChI=1S/C35H52O8Si/c1-19-17-20(2)35-24(18-26(39-8)33(38)40-29(19)22(4)43-44(9,10)34(5,6)7)15-16-25-27(35)28(36)21(3)30(31(25)42-35)41-32(37)23-13-11-12-14-23/h11-13,15-17,19,21-22,24-31,36H,14,18H2,1-10H3/b20-17+/t19-,21-,22-,24-,25-,26+,27+,28-,29+,30-,31-,35+/m1/s1. The highest BCUT2D eigenvalue weighted by Gasteiger charge is 2.69. The average Bonchev–Trinajstić information content (AvgIpc) is 3.54. The van der Waals surface area contributed by atoms with Gasteiger partial charge in [0.1, 0.15) is 23.9 Å². The third-order valence-electron chi connectivity index (χ3n) is 11.4. The van der Waals surface area contributed by atoms with Gasteiger partial charge in [-0.3, -0.25) is 0 Å². The summed E-state index contributed by atoms with van der Waals surface area (Å²) in [5.41, 5.74) is 0.686. The van der Waals surface area contributed by atoms with Crippen molar-refractivity contribution in [3.05, 3.63) is 47.6 Å². The van der Waals surface area contributed by atoms with Gasteiger partial charge in [-0.2, -0.15) is 0 Å². The maximum Gasteiger partial charge on any atom is 0.335 e. The number of aliphatic hydroxyl groups excluding tert-OH is 1. The molecule has 1 saturated heterocycles. The SMILES string of the molecule is CO[C@H]1C[C@H]2C=C[C@H]3[C@H]4O[C@]2(/C(C)=C/[C@@H](C)[C@@H]([C@@H](C)O[Si](C)(C)C(C)(C)C)OC1=O)[C@@H]3[C@H](O)[C@@H](C)[C@H]4OC(=O)C1=CC=CC1. The summed E-state index contributed by atoms with van der Waals surface area (Å²) in [7, 11) is -0.635. The molecule has 0 aromatic carbocycles. The molecule has 5 aliphatic rings. The van der Waals surface area contributed by atoms with E-state index in [0.29, 0.717) is 18.4 Å². The summed E-state index contributed by atoms with van der Waals surface area (Å²) in [6.45, 7) is 19.0. The predicted molar refractivity (Wildman–Crippen MR) is 170 cm³/mol. The van der Waals surface area contributed by atoms with Crippen molar-refractivity contribution < 1.29 is 38.1 Å². The van der Waals surface area contributed by atoms with Gasteiger partial charge in [-0.15, -0.1) is 0 Å². The van der Waals surface area contributed by atoms with Crippen LogP contribution < -0.4 is 0 Å². The van der Waals surface area contributed by atoms with E-state index in [1.54, 1.807) is 6.08 Å². The van der Waals surface area contributed by atoms with Crippen LogP contribution in [0.4, 0.5) is 0 Å². The molecule has 3 aliphatic carbocycles. The molecule has 2 aliphatic heterocycles. The van der Waals surface area contributed by atoms with Crippen LogP contribution in [0, 0.1) is 29.6 Å². The molecule has 0 radical (unpaired) electrons. The van der Waals surface area contributed by atoms with Crippen molar-refractivity contribution in [3.8, 4) is 0 Å². The lowest BCUT2D eigenvalue weighted by Gasteiger charge is -2.49. The normalized spacial score (nSPS) is 42.1. The van der Waals surface area contributed by atoms with Crippen LogP contribution in [0.1, 0.15) is 61.3 Å². The highest BCUT2D eigenvalue weighted by Crippen LogP contribution is 2.61. The summed E-state index contributed by atoms with van der Waals surface area (Å²) in [4.78, 5) is 26.8. The molecule has 0 aromatic rings. The third-order valence-corrected chi connectivity index (χ3v) is 16.0. The lowest BCUT2D eigenvalue weighted by atomic mass is 9.57. The summed E-state index contributed by atoms with van der Waals surface area (Å²) < 4.78 is 32.0. The quantitative estimate of drug-likeness (QED) is 0.228. The summed E-state index contributed by atoms with van der Waals surface area (Å²) in [6, 6.07) is 0. The fourth-order valence-electron chi connectivity index (χ4n) is 7.99. The van der Waals surface area contributed by atoms with Gasteiger partial charge in [0, 0.05) is 42.3 Å². The Morgan fingerprint density at radius 3 is 2.52 bits per heavy atom. The first-order valence-electron chi connectivity index (χ1n) is 16.2. The summed E-state index contributed by atoms with van der Waals surface area (Å²) >= 11 is 0. The number of allylic oxidation sites excluding steroid dienone is 3. The van der Waals surface area contributed by atoms with E-state index in [1.807, 2.05) is 32.9 Å². The molecule has 9 heteroatoms. The van der Waals surface area contributed by atoms with Crippen molar-refractivity contribution >= 4 is 20.3 Å². The number of hydrogen-bond donors (Lipinski definition) is 1. The Hall–Kier alpha value is -2.04. The fraction of sp³-hybridized carbons (Fsp3) is 0.714. The van der Waals surface area contributed by atoms with E-state index in [2.05, 4.69) is 59.0 Å². The summed E-state index contributed by atoms with van der Waals surface area (Å²) in [6.07, 6.45) is 9.24. The number of hydrogen-bond acceptors (Lipinski definition) is 8. The van der Waals surface area contributed by atoms with Gasteiger partial charge in [-0.05, 0) is 50.4 Å². The van der Waals surface area contributed by atoms with Crippen molar-refractivity contribution in [2.75, 3.05) is 7.11 Å². The van der Waals surface area contributed by atoms with E-state index in [0.717, 1.165) is 5.57 Å². The molecule has 244 valence electrons. The van der Waals surface area contributed by atoms with Crippen LogP contribution in [0.3, 0.4) is 0 Å². The van der Waals surface area contributed by atoms with Gasteiger partial charge in [0.05, 0.1) is 12.2 Å². The number of aliphatic hydroxyl groups is 1. The predicted octanol–water partition coefficient (Wildman–Crippen LogP) is 5.67. The van der Waals surface area contributed by atoms with Crippen molar-refractivity contribution in [3.63, 3.8) is 0 Å².